The predicted octanol–water partition coefficient (Wildman–Crippen LogP) is 2.82. The molecular weight excluding hydrogens is 310 g/mol. The standard InChI is InChI=1S/C17H17N3O4/c1-12-6-5-7-14(10-12)11-18-19-17(21)13(2)24-16-9-4-3-8-15(16)20(22)23/h3-11,13H,1-2H3,(H,19,21)/b18-11-/t13-/m1/s1. The van der Waals surface area contributed by atoms with Gasteiger partial charge in [-0.3, -0.25) is 14.9 Å². The van der Waals surface area contributed by atoms with E-state index in [1.165, 1.54) is 31.3 Å². The summed E-state index contributed by atoms with van der Waals surface area (Å²) < 4.78 is 5.36. The minimum absolute atomic E-state index is 0.0350. The number of nitrogens with one attached hydrogen (secondary N) is 1. The molecular formula is C17H17N3O4. The van der Waals surface area contributed by atoms with Gasteiger partial charge in [0.05, 0.1) is 11.1 Å². The number of nitro groups is 1. The first-order valence-corrected chi connectivity index (χ1v) is 7.27. The Kier molecular flexibility index (Phi) is 5.62. The average Bonchev–Trinajstić information content (AvgIpc) is 2.55. The topological polar surface area (TPSA) is 93.8 Å². The van der Waals surface area contributed by atoms with Crippen LogP contribution in [0.4, 0.5) is 5.69 Å². The molecule has 1 amide bonds. The van der Waals surface area contributed by atoms with Crippen molar-refractivity contribution in [2.75, 3.05) is 0 Å². The Morgan fingerprint density at radius 2 is 2.04 bits per heavy atom. The van der Waals surface area contributed by atoms with Crippen molar-refractivity contribution in [1.82, 2.24) is 5.43 Å². The SMILES string of the molecule is Cc1cccc(/C=N\NC(=O)[C@@H](C)Oc2ccccc2[N+](=O)[O-])c1. The lowest BCUT2D eigenvalue weighted by Gasteiger charge is -2.12. The fourth-order valence-corrected chi connectivity index (χ4v) is 1.96. The van der Waals surface area contributed by atoms with Crippen LogP contribution >= 0.6 is 0 Å². The van der Waals surface area contributed by atoms with Gasteiger partial charge in [0.15, 0.2) is 11.9 Å². The second-order valence-electron chi connectivity index (χ2n) is 5.13. The van der Waals surface area contributed by atoms with Gasteiger partial charge in [0.1, 0.15) is 0 Å². The van der Waals surface area contributed by atoms with E-state index in [-0.39, 0.29) is 11.4 Å². The molecule has 0 fully saturated rings. The Morgan fingerprint density at radius 3 is 2.75 bits per heavy atom. The third kappa shape index (κ3) is 4.64. The number of nitrogens with zero attached hydrogens (tertiary/aromatic N) is 2. The molecule has 0 spiro atoms. The second-order valence-corrected chi connectivity index (χ2v) is 5.13. The molecule has 1 N–H and O–H groups in total. The highest BCUT2D eigenvalue weighted by molar-refractivity contribution is 5.84. The predicted molar refractivity (Wildman–Crippen MR) is 90.1 cm³/mol. The summed E-state index contributed by atoms with van der Waals surface area (Å²) in [5, 5.41) is 14.8. The summed E-state index contributed by atoms with van der Waals surface area (Å²) in [6, 6.07) is 13.5. The zero-order chi connectivity index (χ0) is 17.5. The van der Waals surface area contributed by atoms with Crippen LogP contribution in [0.5, 0.6) is 5.75 Å². The molecule has 2 aromatic rings. The summed E-state index contributed by atoms with van der Waals surface area (Å²) in [6.45, 7) is 3.45. The first-order chi connectivity index (χ1) is 11.5. The van der Waals surface area contributed by atoms with Crippen molar-refractivity contribution in [3.8, 4) is 5.75 Å². The fourth-order valence-electron chi connectivity index (χ4n) is 1.96. The summed E-state index contributed by atoms with van der Waals surface area (Å²) in [6.07, 6.45) is 0.587. The van der Waals surface area contributed by atoms with Gasteiger partial charge in [-0.25, -0.2) is 5.43 Å². The van der Waals surface area contributed by atoms with E-state index in [9.17, 15) is 14.9 Å². The Morgan fingerprint density at radius 1 is 1.29 bits per heavy atom. The molecule has 2 aromatic carbocycles. The zero-order valence-corrected chi connectivity index (χ0v) is 13.3. The second kappa shape index (κ2) is 7.87. The number of hydrogen-bond donors (Lipinski definition) is 1. The van der Waals surface area contributed by atoms with Crippen LogP contribution < -0.4 is 10.2 Å². The van der Waals surface area contributed by atoms with E-state index in [1.54, 1.807) is 6.07 Å². The molecule has 2 rings (SSSR count). The van der Waals surface area contributed by atoms with Gasteiger partial charge >= 0.3 is 5.69 Å². The Hall–Kier alpha value is -3.22. The van der Waals surface area contributed by atoms with Crippen molar-refractivity contribution in [1.29, 1.82) is 0 Å². The largest absolute Gasteiger partial charge is 0.474 e. The van der Waals surface area contributed by atoms with Crippen LogP contribution in [0, 0.1) is 17.0 Å². The molecule has 0 saturated heterocycles. The molecule has 24 heavy (non-hydrogen) atoms. The quantitative estimate of drug-likeness (QED) is 0.501. The van der Waals surface area contributed by atoms with Crippen molar-refractivity contribution < 1.29 is 14.5 Å². The van der Waals surface area contributed by atoms with E-state index in [0.717, 1.165) is 11.1 Å². The van der Waals surface area contributed by atoms with E-state index in [0.29, 0.717) is 0 Å². The number of nitro benzene ring substituents is 1. The highest BCUT2D eigenvalue weighted by Crippen LogP contribution is 2.26. The summed E-state index contributed by atoms with van der Waals surface area (Å²) in [5.41, 5.74) is 4.09. The third-order valence-corrected chi connectivity index (χ3v) is 3.17. The van der Waals surface area contributed by atoms with E-state index in [4.69, 9.17) is 4.74 Å². The van der Waals surface area contributed by atoms with E-state index in [1.807, 2.05) is 31.2 Å². The molecule has 0 unspecified atom stereocenters. The smallest absolute Gasteiger partial charge is 0.310 e. The van der Waals surface area contributed by atoms with Crippen molar-refractivity contribution in [3.63, 3.8) is 0 Å². The normalized spacial score (nSPS) is 11.9. The molecule has 0 bridgehead atoms. The Labute approximate surface area is 139 Å². The Bertz CT molecular complexity index is 774. The zero-order valence-electron chi connectivity index (χ0n) is 13.3. The van der Waals surface area contributed by atoms with Crippen LogP contribution in [0.3, 0.4) is 0 Å². The van der Waals surface area contributed by atoms with Crippen LogP contribution in [0.25, 0.3) is 0 Å². The number of carbonyl (C=O) groups excluding carboxylic acids is 1. The lowest BCUT2D eigenvalue weighted by molar-refractivity contribution is -0.386. The van der Waals surface area contributed by atoms with Crippen LogP contribution in [-0.4, -0.2) is 23.1 Å². The maximum Gasteiger partial charge on any atom is 0.310 e. The van der Waals surface area contributed by atoms with Gasteiger partial charge in [0.25, 0.3) is 5.91 Å². The van der Waals surface area contributed by atoms with E-state index in [2.05, 4.69) is 10.5 Å². The van der Waals surface area contributed by atoms with Gasteiger partial charge in [-0.05, 0) is 25.5 Å². The van der Waals surface area contributed by atoms with Crippen molar-refractivity contribution in [2.24, 2.45) is 5.10 Å². The molecule has 0 aliphatic heterocycles. The van der Waals surface area contributed by atoms with Crippen LogP contribution in [0.15, 0.2) is 53.6 Å². The summed E-state index contributed by atoms with van der Waals surface area (Å²) >= 11 is 0. The van der Waals surface area contributed by atoms with Gasteiger partial charge in [0.2, 0.25) is 0 Å². The minimum atomic E-state index is -0.930. The molecule has 0 aliphatic rings. The van der Waals surface area contributed by atoms with Gasteiger partial charge < -0.3 is 4.74 Å². The number of hydrogen-bond acceptors (Lipinski definition) is 5. The lowest BCUT2D eigenvalue weighted by Crippen LogP contribution is -2.33. The van der Waals surface area contributed by atoms with Gasteiger partial charge in [-0.15, -0.1) is 0 Å². The van der Waals surface area contributed by atoms with Gasteiger partial charge in [-0.1, -0.05) is 42.0 Å². The number of ether oxygens (including phenoxy) is 1. The molecule has 7 nitrogen and oxygen atoms in total. The van der Waals surface area contributed by atoms with Gasteiger partial charge in [0, 0.05) is 6.07 Å². The van der Waals surface area contributed by atoms with Crippen molar-refractivity contribution >= 4 is 17.8 Å². The van der Waals surface area contributed by atoms with Crippen molar-refractivity contribution in [2.45, 2.75) is 20.0 Å². The monoisotopic (exact) mass is 327 g/mol. The van der Waals surface area contributed by atoms with E-state index < -0.39 is 16.9 Å². The number of aryl methyl sites for hydroxylation is 1. The summed E-state index contributed by atoms with van der Waals surface area (Å²) in [7, 11) is 0. The lowest BCUT2D eigenvalue weighted by atomic mass is 10.2. The number of carbonyl (C=O) groups is 1. The Balaban J connectivity index is 1.97. The number of amides is 1. The van der Waals surface area contributed by atoms with E-state index >= 15 is 0 Å². The maximum atomic E-state index is 12.0. The number of para-hydroxylation sites is 2. The molecule has 1 atom stereocenters. The van der Waals surface area contributed by atoms with Crippen molar-refractivity contribution in [3.05, 3.63) is 69.8 Å². The number of rotatable bonds is 6. The highest BCUT2D eigenvalue weighted by Gasteiger charge is 2.20. The van der Waals surface area contributed by atoms with Crippen LogP contribution in [0.2, 0.25) is 0 Å². The fraction of sp³-hybridized carbons (Fsp3) is 0.176. The first-order valence-electron chi connectivity index (χ1n) is 7.27. The highest BCUT2D eigenvalue weighted by atomic mass is 16.6. The number of benzene rings is 2. The van der Waals surface area contributed by atoms with Gasteiger partial charge in [-0.2, -0.15) is 5.10 Å². The summed E-state index contributed by atoms with van der Waals surface area (Å²) in [4.78, 5) is 22.3. The molecule has 7 heteroatoms. The molecule has 0 aromatic heterocycles. The first kappa shape index (κ1) is 17.1. The molecule has 0 aliphatic carbocycles. The summed E-state index contributed by atoms with van der Waals surface area (Å²) in [5.74, 6) is -0.468. The minimum Gasteiger partial charge on any atom is -0.474 e. The maximum absolute atomic E-state index is 12.0. The average molecular weight is 327 g/mol. The van der Waals surface area contributed by atoms with Crippen LogP contribution in [-0.2, 0) is 4.79 Å². The molecule has 0 heterocycles. The third-order valence-electron chi connectivity index (χ3n) is 3.17. The number of hydrazone groups is 1. The molecule has 124 valence electrons. The van der Waals surface area contributed by atoms with Crippen LogP contribution in [0.1, 0.15) is 18.1 Å². The molecule has 0 radical (unpaired) electrons. The molecule has 0 saturated carbocycles.